The minimum Gasteiger partial charge on any atom is -0.363 e. The number of nitrogens with zero attached hydrogens (tertiary/aromatic N) is 2. The molecule has 0 radical (unpaired) electrons. The van der Waals surface area contributed by atoms with Crippen LogP contribution in [0.15, 0.2) is 12.5 Å². The molecule has 17 heavy (non-hydrogen) atoms. The van der Waals surface area contributed by atoms with Crippen LogP contribution in [0, 0.1) is 10.8 Å². The van der Waals surface area contributed by atoms with Gasteiger partial charge in [-0.2, -0.15) is 0 Å². The third-order valence-corrected chi connectivity index (χ3v) is 3.71. The average molecular weight is 234 g/mol. The van der Waals surface area contributed by atoms with Crippen molar-refractivity contribution in [2.24, 2.45) is 10.8 Å². The molecule has 0 unspecified atom stereocenters. The summed E-state index contributed by atoms with van der Waals surface area (Å²) in [5.41, 5.74) is 1.86. The summed E-state index contributed by atoms with van der Waals surface area (Å²) in [5, 5.41) is 0. The zero-order valence-electron chi connectivity index (χ0n) is 11.7. The maximum absolute atomic E-state index is 6.24. The Kier molecular flexibility index (Phi) is 2.58. The van der Waals surface area contributed by atoms with Gasteiger partial charge in [-0.3, -0.25) is 0 Å². The fourth-order valence-corrected chi connectivity index (χ4v) is 3.38. The van der Waals surface area contributed by atoms with Gasteiger partial charge in [0.25, 0.3) is 0 Å². The van der Waals surface area contributed by atoms with Gasteiger partial charge >= 0.3 is 0 Å². The number of ether oxygens (including phenoxy) is 1. The molecule has 0 amide bonds. The number of rotatable bonds is 0. The van der Waals surface area contributed by atoms with E-state index in [1.165, 1.54) is 0 Å². The molecule has 3 nitrogen and oxygen atoms in total. The lowest BCUT2D eigenvalue weighted by Gasteiger charge is -2.50. The van der Waals surface area contributed by atoms with Gasteiger partial charge in [-0.1, -0.05) is 41.5 Å². The number of hydrogen-bond acceptors (Lipinski definition) is 3. The molecular weight excluding hydrogens is 212 g/mol. The first kappa shape index (κ1) is 12.5. The van der Waals surface area contributed by atoms with E-state index in [1.54, 1.807) is 6.33 Å². The van der Waals surface area contributed by atoms with Gasteiger partial charge in [0.2, 0.25) is 0 Å². The lowest BCUT2D eigenvalue weighted by Crippen LogP contribution is -2.50. The summed E-state index contributed by atoms with van der Waals surface area (Å²) in [7, 11) is 0. The average Bonchev–Trinajstić information content (AvgIpc) is 2.55. The molecule has 0 saturated heterocycles. The van der Waals surface area contributed by atoms with E-state index in [4.69, 9.17) is 4.74 Å². The van der Waals surface area contributed by atoms with Crippen LogP contribution in [0.3, 0.4) is 0 Å². The first-order chi connectivity index (χ1) is 7.70. The van der Waals surface area contributed by atoms with E-state index in [2.05, 4.69) is 51.5 Å². The molecular formula is C14H22N2O. The Morgan fingerprint density at radius 2 is 1.71 bits per heavy atom. The molecule has 1 aromatic rings. The van der Waals surface area contributed by atoms with Crippen LogP contribution in [0.5, 0.6) is 0 Å². The van der Waals surface area contributed by atoms with Gasteiger partial charge in [-0.05, 0) is 10.8 Å². The maximum atomic E-state index is 6.24. The third kappa shape index (κ3) is 1.60. The van der Waals surface area contributed by atoms with Crippen molar-refractivity contribution in [3.05, 3.63) is 23.8 Å². The molecule has 2 heterocycles. The van der Waals surface area contributed by atoms with Crippen LogP contribution in [0.4, 0.5) is 0 Å². The van der Waals surface area contributed by atoms with E-state index in [-0.39, 0.29) is 16.4 Å². The predicted octanol–water partition coefficient (Wildman–Crippen LogP) is 3.29. The van der Waals surface area contributed by atoms with E-state index < -0.39 is 0 Å². The molecule has 2 rings (SSSR count). The summed E-state index contributed by atoms with van der Waals surface area (Å²) in [6, 6.07) is 0. The highest BCUT2D eigenvalue weighted by Gasteiger charge is 2.57. The lowest BCUT2D eigenvalue weighted by atomic mass is 9.60. The molecule has 3 heteroatoms. The van der Waals surface area contributed by atoms with Crippen LogP contribution < -0.4 is 0 Å². The second-order valence-electron chi connectivity index (χ2n) is 6.85. The van der Waals surface area contributed by atoms with E-state index in [9.17, 15) is 0 Å². The van der Waals surface area contributed by atoms with Crippen LogP contribution in [-0.2, 0) is 16.9 Å². The molecule has 0 aliphatic carbocycles. The van der Waals surface area contributed by atoms with Crippen LogP contribution in [-0.4, -0.2) is 9.97 Å². The smallest absolute Gasteiger partial charge is 0.115 e. The normalized spacial score (nSPS) is 19.2. The molecule has 0 N–H and O–H groups in total. The van der Waals surface area contributed by atoms with Crippen molar-refractivity contribution < 1.29 is 4.74 Å². The van der Waals surface area contributed by atoms with Gasteiger partial charge in [0.15, 0.2) is 0 Å². The first-order valence-electron chi connectivity index (χ1n) is 6.13. The lowest BCUT2D eigenvalue weighted by molar-refractivity contribution is -0.180. The second-order valence-corrected chi connectivity index (χ2v) is 6.85. The van der Waals surface area contributed by atoms with Crippen LogP contribution in [0.25, 0.3) is 0 Å². The van der Waals surface area contributed by atoms with Crippen LogP contribution in [0.1, 0.15) is 52.8 Å². The van der Waals surface area contributed by atoms with Gasteiger partial charge in [0.05, 0.1) is 12.3 Å². The van der Waals surface area contributed by atoms with E-state index in [0.29, 0.717) is 6.61 Å². The summed E-state index contributed by atoms with van der Waals surface area (Å²) in [6.07, 6.45) is 3.52. The molecule has 0 atom stereocenters. The van der Waals surface area contributed by atoms with Gasteiger partial charge in [-0.25, -0.2) is 9.97 Å². The van der Waals surface area contributed by atoms with Crippen molar-refractivity contribution in [3.63, 3.8) is 0 Å². The predicted molar refractivity (Wildman–Crippen MR) is 67.4 cm³/mol. The molecule has 0 saturated carbocycles. The molecule has 0 bridgehead atoms. The fourth-order valence-electron chi connectivity index (χ4n) is 3.38. The zero-order valence-corrected chi connectivity index (χ0v) is 11.7. The fraction of sp³-hybridized carbons (Fsp3) is 0.714. The third-order valence-electron chi connectivity index (χ3n) is 3.71. The highest BCUT2D eigenvalue weighted by Crippen LogP contribution is 2.57. The van der Waals surface area contributed by atoms with Crippen LogP contribution in [0.2, 0.25) is 0 Å². The van der Waals surface area contributed by atoms with Crippen molar-refractivity contribution in [3.8, 4) is 0 Å². The molecule has 1 aliphatic rings. The molecule has 0 spiro atoms. The highest BCUT2D eigenvalue weighted by molar-refractivity contribution is 5.32. The number of aromatic nitrogens is 2. The Balaban J connectivity index is 2.68. The Bertz CT molecular complexity index is 413. The quantitative estimate of drug-likeness (QED) is 0.691. The second kappa shape index (κ2) is 3.52. The minimum absolute atomic E-state index is 0.00120. The van der Waals surface area contributed by atoms with Gasteiger partial charge in [-0.15, -0.1) is 0 Å². The van der Waals surface area contributed by atoms with E-state index >= 15 is 0 Å². The van der Waals surface area contributed by atoms with Crippen molar-refractivity contribution in [1.82, 2.24) is 9.97 Å². The summed E-state index contributed by atoms with van der Waals surface area (Å²) < 4.78 is 6.24. The molecule has 1 aromatic heterocycles. The van der Waals surface area contributed by atoms with Crippen molar-refractivity contribution in [1.29, 1.82) is 0 Å². The number of hydrogen-bond donors (Lipinski definition) is 0. The Labute approximate surface area is 104 Å². The first-order valence-corrected chi connectivity index (χ1v) is 6.13. The van der Waals surface area contributed by atoms with Crippen molar-refractivity contribution in [2.45, 2.75) is 53.8 Å². The molecule has 0 aromatic carbocycles. The van der Waals surface area contributed by atoms with Crippen molar-refractivity contribution >= 4 is 0 Å². The Morgan fingerprint density at radius 3 is 2.24 bits per heavy atom. The summed E-state index contributed by atoms with van der Waals surface area (Å²) >= 11 is 0. The summed E-state index contributed by atoms with van der Waals surface area (Å²) in [4.78, 5) is 8.53. The summed E-state index contributed by atoms with van der Waals surface area (Å²) in [5.74, 6) is 0. The van der Waals surface area contributed by atoms with Crippen molar-refractivity contribution in [2.75, 3.05) is 0 Å². The monoisotopic (exact) mass is 234 g/mol. The minimum atomic E-state index is -0.323. The van der Waals surface area contributed by atoms with E-state index in [0.717, 1.165) is 11.3 Å². The van der Waals surface area contributed by atoms with Crippen LogP contribution >= 0.6 is 0 Å². The van der Waals surface area contributed by atoms with Gasteiger partial charge in [0.1, 0.15) is 11.9 Å². The van der Waals surface area contributed by atoms with Gasteiger partial charge < -0.3 is 4.74 Å². The van der Waals surface area contributed by atoms with E-state index in [1.807, 2.05) is 6.20 Å². The molecule has 0 fully saturated rings. The van der Waals surface area contributed by atoms with Gasteiger partial charge in [0, 0.05) is 11.8 Å². The molecule has 94 valence electrons. The summed E-state index contributed by atoms with van der Waals surface area (Å²) in [6.45, 7) is 13.9. The zero-order chi connectivity index (χ0) is 12.9. The molecule has 1 aliphatic heterocycles. The largest absolute Gasteiger partial charge is 0.363 e. The maximum Gasteiger partial charge on any atom is 0.115 e. The number of fused-ring (bicyclic) bond motifs is 1. The standard InChI is InChI=1S/C14H22N2O/c1-12(2,3)14(13(4,5)6)10-7-15-9-16-11(10)8-17-14/h7,9H,8H2,1-6H3. The SMILES string of the molecule is CC(C)(C)C1(C(C)(C)C)OCc2ncncc21. The topological polar surface area (TPSA) is 35.0 Å². The Morgan fingerprint density at radius 1 is 1.12 bits per heavy atom. The highest BCUT2D eigenvalue weighted by atomic mass is 16.5. The Hall–Kier alpha value is -0.960.